The molecule has 0 fully saturated rings. The second kappa shape index (κ2) is 5.24. The highest BCUT2D eigenvalue weighted by molar-refractivity contribution is 5.13. The zero-order valence-corrected chi connectivity index (χ0v) is 10.0. The molecule has 3 heteroatoms. The Kier molecular flexibility index (Phi) is 4.24. The minimum absolute atomic E-state index is 0.106. The predicted molar refractivity (Wildman–Crippen MR) is 61.5 cm³/mol. The number of nitrogens with one attached hydrogen (secondary N) is 1. The first kappa shape index (κ1) is 12.1. The van der Waals surface area contributed by atoms with Crippen LogP contribution in [-0.2, 0) is 17.9 Å². The average molecular weight is 208 g/mol. The van der Waals surface area contributed by atoms with Gasteiger partial charge in [0.1, 0.15) is 0 Å². The van der Waals surface area contributed by atoms with E-state index in [1.807, 2.05) is 40.1 Å². The quantitative estimate of drug-likeness (QED) is 0.823. The molecule has 1 aromatic rings. The van der Waals surface area contributed by atoms with Crippen molar-refractivity contribution in [3.8, 4) is 0 Å². The summed E-state index contributed by atoms with van der Waals surface area (Å²) in [4.78, 5) is 4.34. The molecular weight excluding hydrogens is 188 g/mol. The molecule has 0 unspecified atom stereocenters. The van der Waals surface area contributed by atoms with Crippen LogP contribution in [0.2, 0.25) is 0 Å². The molecule has 0 aromatic carbocycles. The normalized spacial score (nSPS) is 11.7. The summed E-state index contributed by atoms with van der Waals surface area (Å²) in [5.41, 5.74) is 2.06. The fraction of sp³-hybridized carbons (Fsp3) is 0.583. The Hall–Kier alpha value is -0.930. The van der Waals surface area contributed by atoms with Crippen LogP contribution in [0.3, 0.4) is 0 Å². The van der Waals surface area contributed by atoms with Crippen molar-refractivity contribution >= 4 is 0 Å². The standard InChI is InChI=1S/C12H20N2O/c1-12(2,3)15-9-11-6-5-10(7-13-4)8-14-11/h5-6,8,13H,7,9H2,1-4H3. The summed E-state index contributed by atoms with van der Waals surface area (Å²) in [5, 5.41) is 3.09. The zero-order valence-electron chi connectivity index (χ0n) is 10.0. The second-order valence-corrected chi connectivity index (χ2v) is 4.59. The maximum absolute atomic E-state index is 5.64. The van der Waals surface area contributed by atoms with Crippen molar-refractivity contribution in [2.75, 3.05) is 7.05 Å². The first-order valence-electron chi connectivity index (χ1n) is 5.23. The fourth-order valence-electron chi connectivity index (χ4n) is 1.14. The Morgan fingerprint density at radius 2 is 2.07 bits per heavy atom. The number of hydrogen-bond donors (Lipinski definition) is 1. The maximum atomic E-state index is 5.64. The van der Waals surface area contributed by atoms with Crippen LogP contribution in [0.5, 0.6) is 0 Å². The van der Waals surface area contributed by atoms with E-state index in [4.69, 9.17) is 4.74 Å². The van der Waals surface area contributed by atoms with Gasteiger partial charge >= 0.3 is 0 Å². The predicted octanol–water partition coefficient (Wildman–Crippen LogP) is 2.12. The molecule has 0 atom stereocenters. The molecule has 0 amide bonds. The number of hydrogen-bond acceptors (Lipinski definition) is 3. The number of aromatic nitrogens is 1. The van der Waals surface area contributed by atoms with Crippen LogP contribution in [0.1, 0.15) is 32.0 Å². The van der Waals surface area contributed by atoms with Gasteiger partial charge in [0, 0.05) is 12.7 Å². The van der Waals surface area contributed by atoms with Gasteiger partial charge in [-0.25, -0.2) is 0 Å². The molecule has 1 rings (SSSR count). The molecule has 1 N–H and O–H groups in total. The number of rotatable bonds is 4. The van der Waals surface area contributed by atoms with Crippen LogP contribution in [0.25, 0.3) is 0 Å². The molecule has 0 aliphatic rings. The smallest absolute Gasteiger partial charge is 0.0894 e. The van der Waals surface area contributed by atoms with Crippen molar-refractivity contribution in [3.63, 3.8) is 0 Å². The Morgan fingerprint density at radius 1 is 1.33 bits per heavy atom. The van der Waals surface area contributed by atoms with Crippen molar-refractivity contribution in [3.05, 3.63) is 29.6 Å². The maximum Gasteiger partial charge on any atom is 0.0894 e. The molecule has 15 heavy (non-hydrogen) atoms. The third-order valence-corrected chi connectivity index (χ3v) is 1.92. The summed E-state index contributed by atoms with van der Waals surface area (Å²) < 4.78 is 5.64. The van der Waals surface area contributed by atoms with Crippen molar-refractivity contribution < 1.29 is 4.74 Å². The lowest BCUT2D eigenvalue weighted by molar-refractivity contribution is -0.0164. The Labute approximate surface area is 91.9 Å². The van der Waals surface area contributed by atoms with E-state index in [0.29, 0.717) is 6.61 Å². The lowest BCUT2D eigenvalue weighted by atomic mass is 10.2. The van der Waals surface area contributed by atoms with Crippen LogP contribution in [0.15, 0.2) is 18.3 Å². The summed E-state index contributed by atoms with van der Waals surface area (Å²) in [7, 11) is 1.93. The minimum atomic E-state index is -0.106. The molecule has 1 aromatic heterocycles. The molecule has 0 bridgehead atoms. The van der Waals surface area contributed by atoms with Gasteiger partial charge in [0.2, 0.25) is 0 Å². The highest BCUT2D eigenvalue weighted by atomic mass is 16.5. The highest BCUT2D eigenvalue weighted by Crippen LogP contribution is 2.10. The molecule has 0 aliphatic carbocycles. The van der Waals surface area contributed by atoms with Gasteiger partial charge in [-0.05, 0) is 39.4 Å². The van der Waals surface area contributed by atoms with E-state index in [9.17, 15) is 0 Å². The molecule has 0 aliphatic heterocycles. The average Bonchev–Trinajstić information content (AvgIpc) is 2.16. The van der Waals surface area contributed by atoms with E-state index >= 15 is 0 Å². The lowest BCUT2D eigenvalue weighted by Gasteiger charge is -2.19. The van der Waals surface area contributed by atoms with Gasteiger partial charge in [-0.15, -0.1) is 0 Å². The van der Waals surface area contributed by atoms with Gasteiger partial charge in [-0.3, -0.25) is 4.98 Å². The van der Waals surface area contributed by atoms with Crippen molar-refractivity contribution in [1.29, 1.82) is 0 Å². The molecule has 0 spiro atoms. The summed E-state index contributed by atoms with van der Waals surface area (Å²) in [6.45, 7) is 7.56. The minimum Gasteiger partial charge on any atom is -0.370 e. The monoisotopic (exact) mass is 208 g/mol. The van der Waals surface area contributed by atoms with Gasteiger partial charge in [0.15, 0.2) is 0 Å². The first-order chi connectivity index (χ1) is 7.01. The largest absolute Gasteiger partial charge is 0.370 e. The highest BCUT2D eigenvalue weighted by Gasteiger charge is 2.10. The van der Waals surface area contributed by atoms with Gasteiger partial charge < -0.3 is 10.1 Å². The van der Waals surface area contributed by atoms with E-state index in [2.05, 4.69) is 16.4 Å². The molecule has 0 saturated carbocycles. The van der Waals surface area contributed by atoms with Gasteiger partial charge in [-0.2, -0.15) is 0 Å². The third-order valence-electron chi connectivity index (χ3n) is 1.92. The van der Waals surface area contributed by atoms with Crippen LogP contribution < -0.4 is 5.32 Å². The molecular formula is C12H20N2O. The zero-order chi connectivity index (χ0) is 11.3. The summed E-state index contributed by atoms with van der Waals surface area (Å²) >= 11 is 0. The van der Waals surface area contributed by atoms with Crippen molar-refractivity contribution in [1.82, 2.24) is 10.3 Å². The first-order valence-corrected chi connectivity index (χ1v) is 5.23. The number of ether oxygens (including phenoxy) is 1. The van der Waals surface area contributed by atoms with E-state index in [1.165, 1.54) is 5.56 Å². The Balaban J connectivity index is 2.50. The Morgan fingerprint density at radius 3 is 2.53 bits per heavy atom. The molecule has 1 heterocycles. The molecule has 0 saturated heterocycles. The number of nitrogens with zero attached hydrogens (tertiary/aromatic N) is 1. The van der Waals surface area contributed by atoms with E-state index in [-0.39, 0.29) is 5.60 Å². The summed E-state index contributed by atoms with van der Waals surface area (Å²) in [5.74, 6) is 0. The molecule has 0 radical (unpaired) electrons. The lowest BCUT2D eigenvalue weighted by Crippen LogP contribution is -2.19. The third kappa shape index (κ3) is 4.91. The fourth-order valence-corrected chi connectivity index (χ4v) is 1.14. The number of pyridine rings is 1. The SMILES string of the molecule is CNCc1ccc(COC(C)(C)C)nc1. The van der Waals surface area contributed by atoms with E-state index in [0.717, 1.165) is 12.2 Å². The van der Waals surface area contributed by atoms with Gasteiger partial charge in [0.05, 0.1) is 17.9 Å². The topological polar surface area (TPSA) is 34.1 Å². The summed E-state index contributed by atoms with van der Waals surface area (Å²) in [6, 6.07) is 4.09. The van der Waals surface area contributed by atoms with Crippen molar-refractivity contribution in [2.45, 2.75) is 39.5 Å². The van der Waals surface area contributed by atoms with Crippen LogP contribution in [0, 0.1) is 0 Å². The Bertz CT molecular complexity index is 287. The van der Waals surface area contributed by atoms with Crippen LogP contribution in [0.4, 0.5) is 0 Å². The van der Waals surface area contributed by atoms with Gasteiger partial charge in [-0.1, -0.05) is 6.07 Å². The van der Waals surface area contributed by atoms with Gasteiger partial charge in [0.25, 0.3) is 0 Å². The van der Waals surface area contributed by atoms with Crippen molar-refractivity contribution in [2.24, 2.45) is 0 Å². The van der Waals surface area contributed by atoms with E-state index in [1.54, 1.807) is 0 Å². The molecule has 3 nitrogen and oxygen atoms in total. The second-order valence-electron chi connectivity index (χ2n) is 4.59. The van der Waals surface area contributed by atoms with E-state index < -0.39 is 0 Å². The van der Waals surface area contributed by atoms with Crippen LogP contribution in [-0.4, -0.2) is 17.6 Å². The summed E-state index contributed by atoms with van der Waals surface area (Å²) in [6.07, 6.45) is 1.89. The van der Waals surface area contributed by atoms with Crippen LogP contribution >= 0.6 is 0 Å². The molecule has 84 valence electrons.